The van der Waals surface area contributed by atoms with Gasteiger partial charge in [0, 0.05) is 23.9 Å². The fourth-order valence-electron chi connectivity index (χ4n) is 7.37. The van der Waals surface area contributed by atoms with Gasteiger partial charge in [0.2, 0.25) is 5.91 Å². The molecule has 7 heteroatoms. The summed E-state index contributed by atoms with van der Waals surface area (Å²) in [5.74, 6) is 1.70. The molecule has 0 bridgehead atoms. The molecule has 0 radical (unpaired) electrons. The summed E-state index contributed by atoms with van der Waals surface area (Å²) < 4.78 is 24.0. The fourth-order valence-corrected chi connectivity index (χ4v) is 7.37. The average Bonchev–Trinajstić information content (AvgIpc) is 2.93. The maximum Gasteiger partial charge on any atom is 0.220 e. The second-order valence-corrected chi connectivity index (χ2v) is 11.6. The third-order valence-electron chi connectivity index (χ3n) is 9.43. The van der Waals surface area contributed by atoms with Crippen molar-refractivity contribution in [2.75, 3.05) is 20.3 Å². The number of aliphatic hydroxyl groups excluding tert-OH is 1. The third-order valence-corrected chi connectivity index (χ3v) is 9.43. The molecule has 206 valence electrons. The van der Waals surface area contributed by atoms with Gasteiger partial charge in [-0.3, -0.25) is 4.79 Å². The Morgan fingerprint density at radius 1 is 1.05 bits per heavy atom. The predicted molar refractivity (Wildman–Crippen MR) is 144 cm³/mol. The molecule has 1 amide bonds. The first-order valence-corrected chi connectivity index (χ1v) is 13.8. The van der Waals surface area contributed by atoms with Crippen LogP contribution in [-0.2, 0) is 20.8 Å². The number of aliphatic hydroxyl groups is 1. The van der Waals surface area contributed by atoms with E-state index in [2.05, 4.69) is 19.2 Å². The minimum absolute atomic E-state index is 0.0385. The quantitative estimate of drug-likeness (QED) is 0.521. The Balaban J connectivity index is 1.23. The van der Waals surface area contributed by atoms with Crippen molar-refractivity contribution in [1.29, 1.82) is 0 Å². The van der Waals surface area contributed by atoms with Gasteiger partial charge >= 0.3 is 0 Å². The maximum atomic E-state index is 13.1. The smallest absolute Gasteiger partial charge is 0.220 e. The van der Waals surface area contributed by atoms with Crippen LogP contribution in [0.2, 0.25) is 0 Å². The van der Waals surface area contributed by atoms with Crippen LogP contribution in [-0.4, -0.2) is 49.8 Å². The van der Waals surface area contributed by atoms with Gasteiger partial charge in [-0.05, 0) is 61.1 Å². The van der Waals surface area contributed by atoms with Gasteiger partial charge in [0.05, 0.1) is 25.9 Å². The van der Waals surface area contributed by atoms with Crippen molar-refractivity contribution in [3.05, 3.63) is 60.2 Å². The number of fused-ring (bicyclic) bond motifs is 3. The van der Waals surface area contributed by atoms with E-state index in [1.165, 1.54) is 0 Å². The van der Waals surface area contributed by atoms with Crippen LogP contribution in [0.25, 0.3) is 0 Å². The van der Waals surface area contributed by atoms with E-state index in [0.29, 0.717) is 38.5 Å². The molecule has 2 aromatic carbocycles. The van der Waals surface area contributed by atoms with Crippen molar-refractivity contribution in [1.82, 2.24) is 5.32 Å². The summed E-state index contributed by atoms with van der Waals surface area (Å²) in [7, 11) is 1.63. The summed E-state index contributed by atoms with van der Waals surface area (Å²) in [6.07, 6.45) is 2.85. The zero-order valence-electron chi connectivity index (χ0n) is 22.7. The summed E-state index contributed by atoms with van der Waals surface area (Å²) >= 11 is 0. The summed E-state index contributed by atoms with van der Waals surface area (Å²) in [5, 5.41) is 14.2. The van der Waals surface area contributed by atoms with Gasteiger partial charge in [0.15, 0.2) is 6.29 Å². The molecule has 2 aliphatic carbocycles. The number of hydrogen-bond donors (Lipinski definition) is 2. The minimum atomic E-state index is -0.495. The van der Waals surface area contributed by atoms with E-state index in [4.69, 9.17) is 18.9 Å². The molecule has 1 aliphatic heterocycles. The zero-order chi connectivity index (χ0) is 26.8. The summed E-state index contributed by atoms with van der Waals surface area (Å²) in [6.45, 7) is 5.88. The molecule has 7 unspecified atom stereocenters. The monoisotopic (exact) mass is 523 g/mol. The third kappa shape index (κ3) is 5.29. The minimum Gasteiger partial charge on any atom is -0.496 e. The number of benzene rings is 2. The van der Waals surface area contributed by atoms with Crippen LogP contribution >= 0.6 is 0 Å². The fraction of sp³-hybridized carbons (Fsp3) is 0.581. The molecule has 5 rings (SSSR count). The van der Waals surface area contributed by atoms with Crippen molar-refractivity contribution < 1.29 is 28.8 Å². The highest BCUT2D eigenvalue weighted by Crippen LogP contribution is 2.62. The zero-order valence-corrected chi connectivity index (χ0v) is 22.7. The van der Waals surface area contributed by atoms with Crippen LogP contribution in [0.15, 0.2) is 54.6 Å². The van der Waals surface area contributed by atoms with E-state index in [1.54, 1.807) is 7.11 Å². The second kappa shape index (κ2) is 11.2. The SMILES string of the molecule is COc1ccccc1CNC(=O)CC1C(O)CCC2C3(C)COC(COc4ccccc4)OC3CCC12C. The average molecular weight is 524 g/mol. The molecule has 1 saturated heterocycles. The molecule has 7 nitrogen and oxygen atoms in total. The number of carbonyl (C=O) groups is 1. The molecule has 7 atom stereocenters. The van der Waals surface area contributed by atoms with E-state index in [1.807, 2.05) is 54.6 Å². The summed E-state index contributed by atoms with van der Waals surface area (Å²) in [4.78, 5) is 13.1. The van der Waals surface area contributed by atoms with Gasteiger partial charge in [-0.1, -0.05) is 50.2 Å². The van der Waals surface area contributed by atoms with Gasteiger partial charge < -0.3 is 29.4 Å². The van der Waals surface area contributed by atoms with E-state index in [0.717, 1.165) is 36.3 Å². The Hall–Kier alpha value is -2.61. The highest BCUT2D eigenvalue weighted by atomic mass is 16.7. The summed E-state index contributed by atoms with van der Waals surface area (Å²) in [6, 6.07) is 17.4. The van der Waals surface area contributed by atoms with Crippen LogP contribution < -0.4 is 14.8 Å². The van der Waals surface area contributed by atoms with Crippen LogP contribution in [0.1, 0.15) is 51.5 Å². The predicted octanol–water partition coefficient (Wildman–Crippen LogP) is 4.72. The van der Waals surface area contributed by atoms with Gasteiger partial charge in [0.1, 0.15) is 18.1 Å². The molecule has 3 aliphatic rings. The second-order valence-electron chi connectivity index (χ2n) is 11.6. The van der Waals surface area contributed by atoms with E-state index < -0.39 is 12.4 Å². The number of methoxy groups -OCH3 is 1. The first-order valence-electron chi connectivity index (χ1n) is 13.8. The van der Waals surface area contributed by atoms with Crippen LogP contribution in [0.3, 0.4) is 0 Å². The van der Waals surface area contributed by atoms with Gasteiger partial charge in [0.25, 0.3) is 0 Å². The normalized spacial score (nSPS) is 34.5. The molecule has 38 heavy (non-hydrogen) atoms. The Labute approximate surface area is 225 Å². The Morgan fingerprint density at radius 3 is 2.61 bits per heavy atom. The van der Waals surface area contributed by atoms with Crippen LogP contribution in [0.4, 0.5) is 0 Å². The van der Waals surface area contributed by atoms with E-state index in [-0.39, 0.29) is 28.8 Å². The molecule has 0 spiro atoms. The lowest BCUT2D eigenvalue weighted by molar-refractivity contribution is -0.313. The lowest BCUT2D eigenvalue weighted by Crippen LogP contribution is -2.63. The van der Waals surface area contributed by atoms with Crippen LogP contribution in [0.5, 0.6) is 11.5 Å². The molecule has 2 saturated carbocycles. The van der Waals surface area contributed by atoms with Gasteiger partial charge in [-0.2, -0.15) is 0 Å². The number of amides is 1. The number of para-hydroxylation sites is 2. The van der Waals surface area contributed by atoms with Crippen molar-refractivity contribution in [2.24, 2.45) is 22.7 Å². The summed E-state index contributed by atoms with van der Waals surface area (Å²) in [5.41, 5.74) is 0.583. The highest BCUT2D eigenvalue weighted by molar-refractivity contribution is 5.76. The molecule has 2 aromatic rings. The van der Waals surface area contributed by atoms with E-state index >= 15 is 0 Å². The topological polar surface area (TPSA) is 86.3 Å². The van der Waals surface area contributed by atoms with Gasteiger partial charge in [-0.25, -0.2) is 0 Å². The van der Waals surface area contributed by atoms with E-state index in [9.17, 15) is 9.90 Å². The lowest BCUT2D eigenvalue weighted by Gasteiger charge is -2.62. The molecule has 0 aromatic heterocycles. The van der Waals surface area contributed by atoms with Gasteiger partial charge in [-0.15, -0.1) is 0 Å². The Bertz CT molecular complexity index is 1090. The highest BCUT2D eigenvalue weighted by Gasteiger charge is 2.61. The molecular formula is C31H41NO6. The van der Waals surface area contributed by atoms with Crippen molar-refractivity contribution in [2.45, 2.75) is 71.0 Å². The number of rotatable bonds is 8. The molecule has 2 N–H and O–H groups in total. The largest absolute Gasteiger partial charge is 0.496 e. The molecule has 3 fully saturated rings. The number of hydrogen-bond acceptors (Lipinski definition) is 6. The molecular weight excluding hydrogens is 482 g/mol. The Kier molecular flexibility index (Phi) is 7.98. The van der Waals surface area contributed by atoms with Crippen molar-refractivity contribution in [3.63, 3.8) is 0 Å². The maximum absolute atomic E-state index is 13.1. The van der Waals surface area contributed by atoms with Crippen molar-refractivity contribution >= 4 is 5.91 Å². The molecule has 1 heterocycles. The number of carbonyl (C=O) groups excluding carboxylic acids is 1. The standard InChI is InChI=1S/C31H41NO6/c1-30-16-15-27-31(2,20-37-29(38-27)19-36-22-10-5-4-6-11-22)26(30)14-13-24(33)23(30)17-28(34)32-18-21-9-7-8-12-25(21)35-3/h4-12,23-24,26-27,29,33H,13-20H2,1-3H3,(H,32,34). The first-order chi connectivity index (χ1) is 18.3. The number of ether oxygens (including phenoxy) is 4. The number of nitrogens with one attached hydrogen (secondary N) is 1. The van der Waals surface area contributed by atoms with Crippen LogP contribution in [0, 0.1) is 22.7 Å². The van der Waals surface area contributed by atoms with Crippen molar-refractivity contribution in [3.8, 4) is 11.5 Å². The Morgan fingerprint density at radius 2 is 1.82 bits per heavy atom. The lowest BCUT2D eigenvalue weighted by atomic mass is 9.46. The first kappa shape index (κ1) is 27.0.